The van der Waals surface area contributed by atoms with Crippen molar-refractivity contribution >= 4 is 40.5 Å². The van der Waals surface area contributed by atoms with Crippen LogP contribution in [0.1, 0.15) is 11.1 Å². The molecule has 118 valence electrons. The molecule has 0 radical (unpaired) electrons. The van der Waals surface area contributed by atoms with Crippen LogP contribution in [0, 0.1) is 0 Å². The molecular formula is C17H15Cl2N3O. The first-order valence-corrected chi connectivity index (χ1v) is 7.86. The largest absolute Gasteiger partial charge is 0.312 e. The quantitative estimate of drug-likeness (QED) is 0.905. The van der Waals surface area contributed by atoms with Gasteiger partial charge < -0.3 is 4.90 Å². The smallest absolute Gasteiger partial charge is 0.266 e. The Balaban J connectivity index is 2.31. The van der Waals surface area contributed by atoms with Gasteiger partial charge in [0.1, 0.15) is 0 Å². The van der Waals surface area contributed by atoms with Crippen LogP contribution in [0.2, 0.25) is 10.0 Å². The first kappa shape index (κ1) is 16.0. The molecule has 1 unspecified atom stereocenters. The summed E-state index contributed by atoms with van der Waals surface area (Å²) in [5, 5.41) is 4.09. The van der Waals surface area contributed by atoms with E-state index < -0.39 is 6.17 Å². The lowest BCUT2D eigenvalue weighted by Gasteiger charge is -2.20. The molecule has 0 saturated heterocycles. The molecule has 23 heavy (non-hydrogen) atoms. The van der Waals surface area contributed by atoms with Gasteiger partial charge in [-0.05, 0) is 31.3 Å². The Morgan fingerprint density at radius 1 is 1.13 bits per heavy atom. The fourth-order valence-electron chi connectivity index (χ4n) is 2.60. The van der Waals surface area contributed by atoms with Gasteiger partial charge in [-0.3, -0.25) is 15.1 Å². The number of nitrogens with one attached hydrogen (secondary N) is 1. The highest BCUT2D eigenvalue weighted by atomic mass is 35.5. The van der Waals surface area contributed by atoms with Gasteiger partial charge in [-0.15, -0.1) is 0 Å². The summed E-state index contributed by atoms with van der Waals surface area (Å²) in [6, 6.07) is 12.8. The molecule has 0 aromatic heterocycles. The van der Waals surface area contributed by atoms with E-state index in [1.54, 1.807) is 37.2 Å². The summed E-state index contributed by atoms with van der Waals surface area (Å²) in [5.41, 5.74) is 2.93. The second-order valence-corrected chi connectivity index (χ2v) is 6.05. The Morgan fingerprint density at radius 2 is 1.87 bits per heavy atom. The van der Waals surface area contributed by atoms with Crippen LogP contribution >= 0.6 is 23.2 Å². The summed E-state index contributed by atoms with van der Waals surface area (Å²) < 4.78 is 0. The summed E-state index contributed by atoms with van der Waals surface area (Å²) in [5.74, 6) is -0.141. The maximum atomic E-state index is 12.6. The zero-order valence-corrected chi connectivity index (χ0v) is 14.2. The van der Waals surface area contributed by atoms with Crippen LogP contribution in [0.25, 0.3) is 0 Å². The van der Waals surface area contributed by atoms with Crippen LogP contribution < -0.4 is 10.2 Å². The number of likely N-dealkylation sites (N-methyl/N-ethyl adjacent to an activating group) is 2. The monoisotopic (exact) mass is 347 g/mol. The topological polar surface area (TPSA) is 44.7 Å². The van der Waals surface area contributed by atoms with E-state index in [2.05, 4.69) is 10.3 Å². The van der Waals surface area contributed by atoms with Gasteiger partial charge in [0.25, 0.3) is 5.91 Å². The number of rotatable bonds is 2. The number of fused-ring (bicyclic) bond motifs is 1. The number of halogens is 2. The van der Waals surface area contributed by atoms with Crippen molar-refractivity contribution < 1.29 is 4.79 Å². The van der Waals surface area contributed by atoms with Crippen LogP contribution in [-0.4, -0.2) is 31.9 Å². The molecule has 1 atom stereocenters. The zero-order chi connectivity index (χ0) is 16.6. The normalized spacial score (nSPS) is 17.6. The molecule has 2 aromatic carbocycles. The molecule has 1 aliphatic rings. The fraction of sp³-hybridized carbons (Fsp3) is 0.176. The summed E-state index contributed by atoms with van der Waals surface area (Å²) in [4.78, 5) is 18.8. The van der Waals surface area contributed by atoms with Crippen molar-refractivity contribution in [2.45, 2.75) is 6.17 Å². The third-order valence-electron chi connectivity index (χ3n) is 3.80. The summed E-state index contributed by atoms with van der Waals surface area (Å²) in [7, 11) is 3.43. The Labute approximate surface area is 144 Å². The molecule has 6 heteroatoms. The maximum absolute atomic E-state index is 12.6. The predicted octanol–water partition coefficient (Wildman–Crippen LogP) is 3.35. The average Bonchev–Trinajstić information content (AvgIpc) is 2.65. The van der Waals surface area contributed by atoms with Crippen molar-refractivity contribution in [2.24, 2.45) is 4.99 Å². The lowest BCUT2D eigenvalue weighted by molar-refractivity contribution is -0.119. The number of benzodiazepines with no additional fused rings is 1. The molecule has 0 bridgehead atoms. The van der Waals surface area contributed by atoms with Gasteiger partial charge in [0, 0.05) is 28.2 Å². The predicted molar refractivity (Wildman–Crippen MR) is 94.8 cm³/mol. The van der Waals surface area contributed by atoms with E-state index in [9.17, 15) is 4.79 Å². The van der Waals surface area contributed by atoms with E-state index in [0.717, 1.165) is 16.8 Å². The first-order valence-electron chi connectivity index (χ1n) is 7.10. The molecule has 1 N–H and O–H groups in total. The van der Waals surface area contributed by atoms with E-state index in [1.165, 1.54) is 0 Å². The fourth-order valence-corrected chi connectivity index (χ4v) is 3.00. The lowest BCUT2D eigenvalue weighted by atomic mass is 10.00. The number of amides is 1. The summed E-state index contributed by atoms with van der Waals surface area (Å²) in [6.45, 7) is 0. The highest BCUT2D eigenvalue weighted by Gasteiger charge is 2.29. The molecule has 3 rings (SSSR count). The minimum atomic E-state index is -0.683. The summed E-state index contributed by atoms with van der Waals surface area (Å²) >= 11 is 12.5. The Bertz CT molecular complexity index is 804. The number of anilines is 1. The van der Waals surface area contributed by atoms with E-state index in [4.69, 9.17) is 23.2 Å². The molecule has 0 saturated carbocycles. The molecule has 2 aromatic rings. The third-order valence-corrected chi connectivity index (χ3v) is 4.36. The molecule has 4 nitrogen and oxygen atoms in total. The van der Waals surface area contributed by atoms with Crippen molar-refractivity contribution in [3.05, 3.63) is 63.6 Å². The van der Waals surface area contributed by atoms with E-state index in [0.29, 0.717) is 15.8 Å². The Morgan fingerprint density at radius 3 is 2.57 bits per heavy atom. The average molecular weight is 348 g/mol. The number of hydrogen-bond donors (Lipinski definition) is 1. The Hall–Kier alpha value is -1.88. The van der Waals surface area contributed by atoms with Crippen molar-refractivity contribution in [1.82, 2.24) is 5.32 Å². The van der Waals surface area contributed by atoms with Gasteiger partial charge in [0.05, 0.1) is 11.4 Å². The Kier molecular flexibility index (Phi) is 4.39. The lowest BCUT2D eigenvalue weighted by Crippen LogP contribution is -2.41. The highest BCUT2D eigenvalue weighted by Crippen LogP contribution is 2.31. The van der Waals surface area contributed by atoms with Gasteiger partial charge in [0.15, 0.2) is 6.17 Å². The number of nitrogens with zero attached hydrogens (tertiary/aromatic N) is 2. The van der Waals surface area contributed by atoms with Crippen LogP contribution in [0.5, 0.6) is 0 Å². The molecule has 0 aliphatic carbocycles. The molecule has 0 spiro atoms. The van der Waals surface area contributed by atoms with Gasteiger partial charge in [-0.25, -0.2) is 0 Å². The molecule has 0 fully saturated rings. The number of carbonyl (C=O) groups excluding carboxylic acids is 1. The molecule has 1 amide bonds. The van der Waals surface area contributed by atoms with Gasteiger partial charge >= 0.3 is 0 Å². The van der Waals surface area contributed by atoms with E-state index in [-0.39, 0.29) is 5.91 Å². The van der Waals surface area contributed by atoms with Crippen LogP contribution in [0.4, 0.5) is 5.69 Å². The standard InChI is InChI=1S/C17H15Cl2N3O/c1-20-16-17(23)22(2)14-8-7-10(18)9-12(14)15(21-16)11-5-3-4-6-13(11)19/h3-9,16,20H,1-2H3. The SMILES string of the molecule is CNC1N=C(c2ccccc2Cl)c2cc(Cl)ccc2N(C)C1=O. The second-order valence-electron chi connectivity index (χ2n) is 5.21. The van der Waals surface area contributed by atoms with Crippen LogP contribution in [-0.2, 0) is 4.79 Å². The third kappa shape index (κ3) is 2.85. The number of aliphatic imine (C=N–C) groups is 1. The molecular weight excluding hydrogens is 333 g/mol. The zero-order valence-electron chi connectivity index (χ0n) is 12.7. The minimum absolute atomic E-state index is 0.141. The molecule has 1 aliphatic heterocycles. The summed E-state index contributed by atoms with van der Waals surface area (Å²) in [6.07, 6.45) is -0.683. The van der Waals surface area contributed by atoms with Crippen molar-refractivity contribution in [3.8, 4) is 0 Å². The highest BCUT2D eigenvalue weighted by molar-refractivity contribution is 6.37. The van der Waals surface area contributed by atoms with E-state index in [1.807, 2.05) is 24.3 Å². The van der Waals surface area contributed by atoms with Gasteiger partial charge in [0.2, 0.25) is 0 Å². The van der Waals surface area contributed by atoms with Crippen molar-refractivity contribution in [1.29, 1.82) is 0 Å². The van der Waals surface area contributed by atoms with Crippen LogP contribution in [0.15, 0.2) is 47.5 Å². The second kappa shape index (κ2) is 6.32. The first-order chi connectivity index (χ1) is 11.0. The number of benzene rings is 2. The van der Waals surface area contributed by atoms with Crippen LogP contribution in [0.3, 0.4) is 0 Å². The van der Waals surface area contributed by atoms with Gasteiger partial charge in [-0.1, -0.05) is 41.4 Å². The van der Waals surface area contributed by atoms with E-state index >= 15 is 0 Å². The minimum Gasteiger partial charge on any atom is -0.312 e. The van der Waals surface area contributed by atoms with Gasteiger partial charge in [-0.2, -0.15) is 0 Å². The number of carbonyl (C=O) groups is 1. The maximum Gasteiger partial charge on any atom is 0.266 e. The number of hydrogen-bond acceptors (Lipinski definition) is 3. The van der Waals surface area contributed by atoms with Crippen molar-refractivity contribution in [3.63, 3.8) is 0 Å². The van der Waals surface area contributed by atoms with Crippen molar-refractivity contribution in [2.75, 3.05) is 19.0 Å². The molecule has 1 heterocycles.